The van der Waals surface area contributed by atoms with Gasteiger partial charge in [-0.15, -0.1) is 11.3 Å². The van der Waals surface area contributed by atoms with Crippen LogP contribution in [0.4, 0.5) is 0 Å². The maximum atomic E-state index is 5.00. The topological polar surface area (TPSA) is 21.6 Å². The largest absolute Gasteiger partial charge is 0.480 e. The lowest BCUT2D eigenvalue weighted by molar-refractivity contribution is 0.405. The number of rotatable bonds is 1. The molecule has 0 unspecified atom stereocenters. The minimum absolute atomic E-state index is 0.704. The van der Waals surface area contributed by atoms with Gasteiger partial charge >= 0.3 is 0 Å². The number of aliphatic imine (C=N–C) groups is 1. The van der Waals surface area contributed by atoms with Gasteiger partial charge in [0, 0.05) is 7.05 Å². The van der Waals surface area contributed by atoms with Gasteiger partial charge in [-0.3, -0.25) is 4.99 Å². The van der Waals surface area contributed by atoms with Crippen LogP contribution in [0.1, 0.15) is 4.88 Å². The van der Waals surface area contributed by atoms with Crippen LogP contribution >= 0.6 is 11.3 Å². The highest BCUT2D eigenvalue weighted by atomic mass is 32.1. The molecule has 0 saturated carbocycles. The van der Waals surface area contributed by atoms with E-state index in [4.69, 9.17) is 4.74 Å². The van der Waals surface area contributed by atoms with Gasteiger partial charge < -0.3 is 4.74 Å². The Morgan fingerprint density at radius 1 is 1.70 bits per heavy atom. The lowest BCUT2D eigenvalue weighted by Gasteiger charge is -1.97. The molecule has 0 fully saturated rings. The van der Waals surface area contributed by atoms with Crippen molar-refractivity contribution in [2.24, 2.45) is 4.99 Å². The third kappa shape index (κ3) is 1.36. The first-order chi connectivity index (χ1) is 4.88. The highest BCUT2D eigenvalue weighted by Gasteiger charge is 2.00. The molecule has 1 rings (SSSR count). The van der Waals surface area contributed by atoms with Crippen molar-refractivity contribution in [3.05, 3.63) is 22.4 Å². The molecule has 1 aromatic rings. The standard InChI is InChI=1S/C7H9NOS/c1-8-7(9-2)6-4-3-5-10-6/h3-5H,1-2H3. The molecule has 0 saturated heterocycles. The lowest BCUT2D eigenvalue weighted by Crippen LogP contribution is -1.99. The van der Waals surface area contributed by atoms with Crippen LogP contribution in [0, 0.1) is 0 Å². The Morgan fingerprint density at radius 3 is 2.90 bits per heavy atom. The molecule has 0 N–H and O–H groups in total. The number of thiophene rings is 1. The molecule has 54 valence electrons. The smallest absolute Gasteiger partial charge is 0.225 e. The highest BCUT2D eigenvalue weighted by molar-refractivity contribution is 7.12. The van der Waals surface area contributed by atoms with Crippen LogP contribution in [0.25, 0.3) is 0 Å². The number of hydrogen-bond donors (Lipinski definition) is 0. The molecule has 0 amide bonds. The fourth-order valence-corrected chi connectivity index (χ4v) is 1.44. The number of methoxy groups -OCH3 is 1. The van der Waals surface area contributed by atoms with E-state index in [9.17, 15) is 0 Å². The molecule has 2 nitrogen and oxygen atoms in total. The minimum Gasteiger partial charge on any atom is -0.480 e. The van der Waals surface area contributed by atoms with Gasteiger partial charge in [0.15, 0.2) is 0 Å². The predicted octanol–water partition coefficient (Wildman–Crippen LogP) is 1.77. The zero-order chi connectivity index (χ0) is 7.40. The normalized spacial score (nSPS) is 11.6. The zero-order valence-electron chi connectivity index (χ0n) is 6.00. The monoisotopic (exact) mass is 155 g/mol. The van der Waals surface area contributed by atoms with Crippen LogP contribution in [0.2, 0.25) is 0 Å². The molecule has 1 aromatic heterocycles. The number of ether oxygens (including phenoxy) is 1. The number of nitrogens with zero attached hydrogens (tertiary/aromatic N) is 1. The first-order valence-electron chi connectivity index (χ1n) is 2.93. The summed E-state index contributed by atoms with van der Waals surface area (Å²) in [4.78, 5) is 5.03. The second-order valence-corrected chi connectivity index (χ2v) is 2.66. The molecule has 0 radical (unpaired) electrons. The Labute approximate surface area is 64.2 Å². The van der Waals surface area contributed by atoms with E-state index < -0.39 is 0 Å². The summed E-state index contributed by atoms with van der Waals surface area (Å²) >= 11 is 1.62. The Hall–Kier alpha value is -0.830. The molecule has 3 heteroatoms. The van der Waals surface area contributed by atoms with Crippen LogP contribution < -0.4 is 0 Å². The van der Waals surface area contributed by atoms with E-state index in [2.05, 4.69) is 4.99 Å². The van der Waals surface area contributed by atoms with E-state index in [1.807, 2.05) is 17.5 Å². The Balaban J connectivity index is 2.85. The van der Waals surface area contributed by atoms with Crippen molar-refractivity contribution in [3.8, 4) is 0 Å². The van der Waals surface area contributed by atoms with Crippen LogP contribution in [-0.4, -0.2) is 20.1 Å². The van der Waals surface area contributed by atoms with Gasteiger partial charge in [-0.25, -0.2) is 0 Å². The van der Waals surface area contributed by atoms with Crippen molar-refractivity contribution in [1.29, 1.82) is 0 Å². The summed E-state index contributed by atoms with van der Waals surface area (Å²) in [6.45, 7) is 0. The van der Waals surface area contributed by atoms with Gasteiger partial charge in [0.2, 0.25) is 5.90 Å². The van der Waals surface area contributed by atoms with Crippen LogP contribution in [0.5, 0.6) is 0 Å². The Bertz CT molecular complexity index is 216. The summed E-state index contributed by atoms with van der Waals surface area (Å²) in [6, 6.07) is 3.96. The molecular weight excluding hydrogens is 146 g/mol. The molecule has 0 spiro atoms. The minimum atomic E-state index is 0.704. The van der Waals surface area contributed by atoms with Gasteiger partial charge in [0.05, 0.1) is 12.0 Å². The molecule has 0 aromatic carbocycles. The second-order valence-electron chi connectivity index (χ2n) is 1.71. The average molecular weight is 155 g/mol. The van der Waals surface area contributed by atoms with Crippen molar-refractivity contribution < 1.29 is 4.74 Å². The van der Waals surface area contributed by atoms with E-state index in [0.717, 1.165) is 4.88 Å². The molecule has 0 aliphatic rings. The lowest BCUT2D eigenvalue weighted by atomic mass is 10.5. The third-order valence-corrected chi connectivity index (χ3v) is 1.99. The number of hydrogen-bond acceptors (Lipinski definition) is 3. The first kappa shape index (κ1) is 7.28. The Morgan fingerprint density at radius 2 is 2.50 bits per heavy atom. The molecule has 0 atom stereocenters. The maximum absolute atomic E-state index is 5.00. The average Bonchev–Trinajstić information content (AvgIpc) is 2.43. The highest BCUT2D eigenvalue weighted by Crippen LogP contribution is 2.09. The molecular formula is C7H9NOS. The summed E-state index contributed by atoms with van der Waals surface area (Å²) in [5, 5.41) is 2.00. The van der Waals surface area contributed by atoms with E-state index in [0.29, 0.717) is 5.90 Å². The van der Waals surface area contributed by atoms with Crippen molar-refractivity contribution in [2.75, 3.05) is 14.2 Å². The molecule has 0 aliphatic carbocycles. The van der Waals surface area contributed by atoms with E-state index in [-0.39, 0.29) is 0 Å². The van der Waals surface area contributed by atoms with Crippen molar-refractivity contribution in [1.82, 2.24) is 0 Å². The van der Waals surface area contributed by atoms with Crippen LogP contribution in [0.15, 0.2) is 22.5 Å². The molecule has 0 aliphatic heterocycles. The van der Waals surface area contributed by atoms with Gasteiger partial charge in [0.25, 0.3) is 0 Å². The van der Waals surface area contributed by atoms with Crippen LogP contribution in [0.3, 0.4) is 0 Å². The molecule has 1 heterocycles. The van der Waals surface area contributed by atoms with Gasteiger partial charge in [-0.1, -0.05) is 6.07 Å². The van der Waals surface area contributed by atoms with Gasteiger partial charge in [0.1, 0.15) is 0 Å². The SMILES string of the molecule is CN=C(OC)c1cccs1. The summed E-state index contributed by atoms with van der Waals surface area (Å²) in [7, 11) is 3.35. The molecule has 10 heavy (non-hydrogen) atoms. The summed E-state index contributed by atoms with van der Waals surface area (Å²) in [6.07, 6.45) is 0. The van der Waals surface area contributed by atoms with Crippen LogP contribution in [-0.2, 0) is 4.74 Å². The fourth-order valence-electron chi connectivity index (χ4n) is 0.702. The first-order valence-corrected chi connectivity index (χ1v) is 3.81. The second kappa shape index (κ2) is 3.37. The quantitative estimate of drug-likeness (QED) is 0.447. The predicted molar refractivity (Wildman–Crippen MR) is 43.8 cm³/mol. The van der Waals surface area contributed by atoms with Crippen molar-refractivity contribution in [2.45, 2.75) is 0 Å². The molecule has 0 bridgehead atoms. The van der Waals surface area contributed by atoms with E-state index >= 15 is 0 Å². The summed E-state index contributed by atoms with van der Waals surface area (Å²) < 4.78 is 5.00. The van der Waals surface area contributed by atoms with Gasteiger partial charge in [-0.2, -0.15) is 0 Å². The van der Waals surface area contributed by atoms with Crippen molar-refractivity contribution >= 4 is 17.2 Å². The van der Waals surface area contributed by atoms with E-state index in [1.54, 1.807) is 25.5 Å². The summed E-state index contributed by atoms with van der Waals surface area (Å²) in [5.74, 6) is 0.704. The zero-order valence-corrected chi connectivity index (χ0v) is 6.81. The van der Waals surface area contributed by atoms with Gasteiger partial charge in [-0.05, 0) is 11.4 Å². The third-order valence-electron chi connectivity index (χ3n) is 1.13. The van der Waals surface area contributed by atoms with E-state index in [1.165, 1.54) is 0 Å². The van der Waals surface area contributed by atoms with Crippen molar-refractivity contribution in [3.63, 3.8) is 0 Å². The summed E-state index contributed by atoms with van der Waals surface area (Å²) in [5.41, 5.74) is 0. The maximum Gasteiger partial charge on any atom is 0.225 e. The Kier molecular flexibility index (Phi) is 2.45. The fraction of sp³-hybridized carbons (Fsp3) is 0.286.